The van der Waals surface area contributed by atoms with Crippen LogP contribution in [-0.4, -0.2) is 37.3 Å². The molecule has 0 amide bonds. The van der Waals surface area contributed by atoms with Gasteiger partial charge in [0.15, 0.2) is 0 Å². The number of carbonyl (C=O) groups is 1. The van der Waals surface area contributed by atoms with E-state index in [1.54, 1.807) is 6.07 Å². The van der Waals surface area contributed by atoms with Crippen LogP contribution in [-0.2, 0) is 0 Å². The number of piperazine rings is 1. The van der Waals surface area contributed by atoms with Gasteiger partial charge >= 0.3 is 5.97 Å². The van der Waals surface area contributed by atoms with Gasteiger partial charge in [-0.2, -0.15) is 0 Å². The van der Waals surface area contributed by atoms with Crippen LogP contribution in [0.1, 0.15) is 10.4 Å². The van der Waals surface area contributed by atoms with Gasteiger partial charge in [0, 0.05) is 31.9 Å². The van der Waals surface area contributed by atoms with Crippen LogP contribution in [0.2, 0.25) is 0 Å². The second kappa shape index (κ2) is 4.90. The first-order chi connectivity index (χ1) is 9.25. The first-order valence-corrected chi connectivity index (χ1v) is 6.47. The van der Waals surface area contributed by atoms with Crippen molar-refractivity contribution in [1.82, 2.24) is 5.32 Å². The molecule has 1 saturated heterocycles. The molecule has 0 bridgehead atoms. The summed E-state index contributed by atoms with van der Waals surface area (Å²) >= 11 is 0. The van der Waals surface area contributed by atoms with E-state index in [0.29, 0.717) is 5.56 Å². The zero-order chi connectivity index (χ0) is 13.2. The number of carboxylic acids is 1. The van der Waals surface area contributed by atoms with Crippen molar-refractivity contribution in [2.24, 2.45) is 0 Å². The highest BCUT2D eigenvalue weighted by molar-refractivity contribution is 6.05. The van der Waals surface area contributed by atoms with Gasteiger partial charge in [0.25, 0.3) is 0 Å². The second-order valence-electron chi connectivity index (χ2n) is 4.76. The summed E-state index contributed by atoms with van der Waals surface area (Å²) in [5, 5.41) is 14.5. The van der Waals surface area contributed by atoms with Gasteiger partial charge in [0.2, 0.25) is 0 Å². The summed E-state index contributed by atoms with van der Waals surface area (Å²) in [7, 11) is 0. The summed E-state index contributed by atoms with van der Waals surface area (Å²) in [6.07, 6.45) is 0. The van der Waals surface area contributed by atoms with Gasteiger partial charge in [-0.05, 0) is 22.9 Å². The molecule has 1 fully saturated rings. The van der Waals surface area contributed by atoms with Gasteiger partial charge in [-0.15, -0.1) is 0 Å². The smallest absolute Gasteiger partial charge is 0.336 e. The van der Waals surface area contributed by atoms with E-state index >= 15 is 0 Å². The highest BCUT2D eigenvalue weighted by Crippen LogP contribution is 2.26. The van der Waals surface area contributed by atoms with Crippen molar-refractivity contribution in [3.05, 3.63) is 42.0 Å². The number of hydrogen-bond donors (Lipinski definition) is 2. The molecule has 1 heterocycles. The Kier molecular flexibility index (Phi) is 3.09. The van der Waals surface area contributed by atoms with Crippen LogP contribution in [0.3, 0.4) is 0 Å². The quantitative estimate of drug-likeness (QED) is 0.862. The average Bonchev–Trinajstić information content (AvgIpc) is 2.47. The molecule has 4 heteroatoms. The molecule has 1 aliphatic rings. The van der Waals surface area contributed by atoms with Crippen LogP contribution in [0.5, 0.6) is 0 Å². The molecule has 0 atom stereocenters. The van der Waals surface area contributed by atoms with Crippen LogP contribution in [0.15, 0.2) is 36.4 Å². The Bertz CT molecular complexity index is 619. The molecular weight excluding hydrogens is 240 g/mol. The molecule has 0 aromatic heterocycles. The third-order valence-corrected chi connectivity index (χ3v) is 3.56. The maximum atomic E-state index is 11.4. The van der Waals surface area contributed by atoms with Crippen molar-refractivity contribution in [3.63, 3.8) is 0 Å². The minimum absolute atomic E-state index is 0.381. The largest absolute Gasteiger partial charge is 0.478 e. The number of rotatable bonds is 2. The number of fused-ring (bicyclic) bond motifs is 1. The molecule has 0 saturated carbocycles. The number of nitrogens with one attached hydrogen (secondary N) is 1. The maximum Gasteiger partial charge on any atom is 0.336 e. The number of benzene rings is 2. The lowest BCUT2D eigenvalue weighted by molar-refractivity contribution is 0.0699. The molecule has 2 N–H and O–H groups in total. The fourth-order valence-electron chi connectivity index (χ4n) is 2.58. The molecule has 19 heavy (non-hydrogen) atoms. The zero-order valence-corrected chi connectivity index (χ0v) is 10.6. The highest BCUT2D eigenvalue weighted by atomic mass is 16.4. The van der Waals surface area contributed by atoms with E-state index in [9.17, 15) is 9.90 Å². The molecule has 1 aliphatic heterocycles. The number of carboxylic acid groups (broad SMARTS) is 1. The maximum absolute atomic E-state index is 11.4. The predicted molar refractivity (Wildman–Crippen MR) is 76.0 cm³/mol. The number of hydrogen-bond acceptors (Lipinski definition) is 3. The van der Waals surface area contributed by atoms with Gasteiger partial charge in [-0.1, -0.05) is 24.3 Å². The summed E-state index contributed by atoms with van der Waals surface area (Å²) in [5.74, 6) is -0.867. The van der Waals surface area contributed by atoms with Gasteiger partial charge in [0.05, 0.1) is 5.56 Å². The lowest BCUT2D eigenvalue weighted by Gasteiger charge is -2.30. The molecule has 0 aliphatic carbocycles. The number of anilines is 1. The van der Waals surface area contributed by atoms with Crippen molar-refractivity contribution in [3.8, 4) is 0 Å². The SMILES string of the molecule is O=C(O)c1cc(N2CCNCC2)cc2ccccc12. The van der Waals surface area contributed by atoms with Crippen LogP contribution >= 0.6 is 0 Å². The molecule has 3 rings (SSSR count). The Hall–Kier alpha value is -2.07. The van der Waals surface area contributed by atoms with Crippen LogP contribution in [0.25, 0.3) is 10.8 Å². The first-order valence-electron chi connectivity index (χ1n) is 6.47. The molecule has 0 radical (unpaired) electrons. The van der Waals surface area contributed by atoms with E-state index in [0.717, 1.165) is 42.6 Å². The van der Waals surface area contributed by atoms with Crippen molar-refractivity contribution in [2.45, 2.75) is 0 Å². The normalized spacial score (nSPS) is 15.7. The lowest BCUT2D eigenvalue weighted by Crippen LogP contribution is -2.43. The summed E-state index contributed by atoms with van der Waals surface area (Å²) < 4.78 is 0. The number of aromatic carboxylic acids is 1. The van der Waals surface area contributed by atoms with Crippen molar-refractivity contribution < 1.29 is 9.90 Å². The van der Waals surface area contributed by atoms with E-state index < -0.39 is 5.97 Å². The Labute approximate surface area is 111 Å². The molecule has 2 aromatic carbocycles. The van der Waals surface area contributed by atoms with Gasteiger partial charge in [0.1, 0.15) is 0 Å². The van der Waals surface area contributed by atoms with Gasteiger partial charge in [-0.3, -0.25) is 0 Å². The summed E-state index contributed by atoms with van der Waals surface area (Å²) in [4.78, 5) is 13.7. The number of nitrogens with zero attached hydrogens (tertiary/aromatic N) is 1. The third kappa shape index (κ3) is 2.27. The van der Waals surface area contributed by atoms with Crippen LogP contribution in [0.4, 0.5) is 5.69 Å². The zero-order valence-electron chi connectivity index (χ0n) is 10.6. The Morgan fingerprint density at radius 1 is 1.16 bits per heavy atom. The Morgan fingerprint density at radius 2 is 1.89 bits per heavy atom. The first kappa shape index (κ1) is 12.0. The fraction of sp³-hybridized carbons (Fsp3) is 0.267. The molecule has 0 spiro atoms. The Morgan fingerprint density at radius 3 is 2.63 bits per heavy atom. The van der Waals surface area contributed by atoms with Gasteiger partial charge < -0.3 is 15.3 Å². The monoisotopic (exact) mass is 256 g/mol. The van der Waals surface area contributed by atoms with E-state index in [-0.39, 0.29) is 0 Å². The standard InChI is InChI=1S/C15H16N2O2/c18-15(19)14-10-12(17-7-5-16-6-8-17)9-11-3-1-2-4-13(11)14/h1-4,9-10,16H,5-8H2,(H,18,19). The summed E-state index contributed by atoms with van der Waals surface area (Å²) in [5.41, 5.74) is 1.38. The van der Waals surface area contributed by atoms with Crippen LogP contribution in [0, 0.1) is 0 Å². The molecule has 0 unspecified atom stereocenters. The third-order valence-electron chi connectivity index (χ3n) is 3.56. The molecule has 2 aromatic rings. The van der Waals surface area contributed by atoms with Gasteiger partial charge in [-0.25, -0.2) is 4.79 Å². The van der Waals surface area contributed by atoms with E-state index in [1.807, 2.05) is 24.3 Å². The minimum atomic E-state index is -0.867. The van der Waals surface area contributed by atoms with Crippen molar-refractivity contribution in [2.75, 3.05) is 31.1 Å². The second-order valence-corrected chi connectivity index (χ2v) is 4.76. The van der Waals surface area contributed by atoms with Crippen LogP contribution < -0.4 is 10.2 Å². The van der Waals surface area contributed by atoms with Crippen molar-refractivity contribution >= 4 is 22.4 Å². The van der Waals surface area contributed by atoms with E-state index in [1.165, 1.54) is 0 Å². The predicted octanol–water partition coefficient (Wildman–Crippen LogP) is 1.95. The fourth-order valence-corrected chi connectivity index (χ4v) is 2.58. The Balaban J connectivity index is 2.12. The summed E-state index contributed by atoms with van der Waals surface area (Å²) in [6, 6.07) is 11.5. The molecular formula is C15H16N2O2. The van der Waals surface area contributed by atoms with E-state index in [2.05, 4.69) is 16.3 Å². The highest BCUT2D eigenvalue weighted by Gasteiger charge is 2.15. The molecule has 4 nitrogen and oxygen atoms in total. The van der Waals surface area contributed by atoms with E-state index in [4.69, 9.17) is 0 Å². The summed E-state index contributed by atoms with van der Waals surface area (Å²) in [6.45, 7) is 3.71. The molecule has 98 valence electrons. The van der Waals surface area contributed by atoms with Crippen molar-refractivity contribution in [1.29, 1.82) is 0 Å². The topological polar surface area (TPSA) is 52.6 Å². The lowest BCUT2D eigenvalue weighted by atomic mass is 10.0. The minimum Gasteiger partial charge on any atom is -0.478 e. The average molecular weight is 256 g/mol.